The monoisotopic (exact) mass is 402 g/mol. The van der Waals surface area contributed by atoms with Crippen LogP contribution in [0.4, 0.5) is 5.82 Å². The molecule has 3 heterocycles. The maximum absolute atomic E-state index is 13.0. The van der Waals surface area contributed by atoms with Crippen LogP contribution in [0.25, 0.3) is 11.0 Å². The molecule has 0 fully saturated rings. The molecule has 1 amide bonds. The molecule has 0 bridgehead atoms. The summed E-state index contributed by atoms with van der Waals surface area (Å²) in [5.41, 5.74) is 6.11. The molecule has 0 aliphatic heterocycles. The summed E-state index contributed by atoms with van der Waals surface area (Å²) < 4.78 is 2.32. The average molecular weight is 403 g/mol. The van der Waals surface area contributed by atoms with Gasteiger partial charge in [-0.15, -0.1) is 0 Å². The van der Waals surface area contributed by atoms with Crippen molar-refractivity contribution < 1.29 is 4.79 Å². The fourth-order valence-corrected chi connectivity index (χ4v) is 4.55. The highest BCUT2D eigenvalue weighted by Gasteiger charge is 2.26. The zero-order valence-corrected chi connectivity index (χ0v) is 17.2. The minimum atomic E-state index is -0.490. The number of amides is 1. The van der Waals surface area contributed by atoms with Crippen LogP contribution in [0.2, 0.25) is 0 Å². The number of nitrogens with zero attached hydrogens (tertiary/aromatic N) is 3. The van der Waals surface area contributed by atoms with Crippen molar-refractivity contribution in [2.45, 2.75) is 19.6 Å². The topological polar surface area (TPSA) is 112 Å². The number of pyridine rings is 1. The van der Waals surface area contributed by atoms with Gasteiger partial charge in [-0.1, -0.05) is 13.8 Å². The third-order valence-electron chi connectivity index (χ3n) is 4.55. The van der Waals surface area contributed by atoms with E-state index in [9.17, 15) is 14.4 Å². The van der Waals surface area contributed by atoms with E-state index in [1.807, 2.05) is 36.7 Å². The molecular weight excluding hydrogens is 378 g/mol. The Morgan fingerprint density at radius 1 is 1.21 bits per heavy atom. The number of aryl methyl sites for hydroxylation is 1. The number of carbonyl (C=O) groups excluding carboxylic acids is 1. The van der Waals surface area contributed by atoms with Gasteiger partial charge in [0.2, 0.25) is 0 Å². The quantitative estimate of drug-likeness (QED) is 0.627. The standard InChI is InChI=1S/C19H23N5O3S/c1-11(2)9-21-17(25)13-12(10-28-7-5-6-8-28)14-16(22-15(13)20)23(3)19(27)24(4)18(14)26/h5-8,11H,9-10H2,1-4H3,(H2-,20,21,22,25,26)/p+1. The van der Waals surface area contributed by atoms with Crippen LogP contribution in [-0.4, -0.2) is 26.6 Å². The van der Waals surface area contributed by atoms with Crippen molar-refractivity contribution in [3.8, 4) is 0 Å². The molecule has 8 nitrogen and oxygen atoms in total. The second-order valence-electron chi connectivity index (χ2n) is 7.13. The highest BCUT2D eigenvalue weighted by molar-refractivity contribution is 7.27. The van der Waals surface area contributed by atoms with E-state index in [4.69, 9.17) is 5.73 Å². The molecule has 3 aromatic heterocycles. The lowest BCUT2D eigenvalue weighted by molar-refractivity contribution is 0.0949. The number of thiophene rings is 1. The molecule has 0 aliphatic carbocycles. The number of fused-ring (bicyclic) bond motifs is 1. The summed E-state index contributed by atoms with van der Waals surface area (Å²) in [6, 6.07) is 3.87. The average Bonchev–Trinajstić information content (AvgIpc) is 3.15. The Balaban J connectivity index is 2.35. The van der Waals surface area contributed by atoms with E-state index in [0.29, 0.717) is 17.9 Å². The molecule has 9 heteroatoms. The van der Waals surface area contributed by atoms with E-state index in [1.165, 1.54) is 18.7 Å². The first-order chi connectivity index (χ1) is 13.2. The van der Waals surface area contributed by atoms with Gasteiger partial charge in [-0.2, -0.15) is 0 Å². The Morgan fingerprint density at radius 2 is 1.86 bits per heavy atom. The summed E-state index contributed by atoms with van der Waals surface area (Å²) in [4.78, 5) is 42.4. The summed E-state index contributed by atoms with van der Waals surface area (Å²) >= 11 is 0. The van der Waals surface area contributed by atoms with Gasteiger partial charge in [0, 0.05) is 26.2 Å². The molecule has 0 aromatic carbocycles. The number of hydrogen-bond donors (Lipinski definition) is 2. The maximum atomic E-state index is 13.0. The van der Waals surface area contributed by atoms with Gasteiger partial charge in [-0.25, -0.2) is 9.78 Å². The Hall–Kier alpha value is -2.94. The molecule has 148 valence electrons. The molecule has 0 spiro atoms. The van der Waals surface area contributed by atoms with Crippen molar-refractivity contribution >= 4 is 33.2 Å². The largest absolute Gasteiger partial charge is 0.383 e. The second-order valence-corrected chi connectivity index (χ2v) is 8.90. The van der Waals surface area contributed by atoms with Crippen molar-refractivity contribution in [1.82, 2.24) is 19.4 Å². The normalized spacial score (nSPS) is 11.3. The molecule has 0 saturated heterocycles. The summed E-state index contributed by atoms with van der Waals surface area (Å²) in [7, 11) is 2.69. The summed E-state index contributed by atoms with van der Waals surface area (Å²) in [5, 5.41) is 7.16. The number of nitrogens with two attached hydrogens (primary N) is 1. The van der Waals surface area contributed by atoms with Crippen LogP contribution >= 0.6 is 10.5 Å². The Labute approximate surface area is 164 Å². The zero-order chi connectivity index (χ0) is 20.6. The maximum Gasteiger partial charge on any atom is 0.332 e. The molecule has 0 atom stereocenters. The van der Waals surface area contributed by atoms with Gasteiger partial charge in [-0.05, 0) is 28.5 Å². The van der Waals surface area contributed by atoms with E-state index in [1.54, 1.807) is 0 Å². The lowest BCUT2D eigenvalue weighted by Gasteiger charge is -2.15. The predicted molar refractivity (Wildman–Crippen MR) is 112 cm³/mol. The van der Waals surface area contributed by atoms with E-state index in [0.717, 1.165) is 4.57 Å². The van der Waals surface area contributed by atoms with Crippen molar-refractivity contribution in [3.05, 3.63) is 54.9 Å². The highest BCUT2D eigenvalue weighted by atomic mass is 32.2. The first kappa shape index (κ1) is 19.8. The third-order valence-corrected chi connectivity index (χ3v) is 6.18. The molecular formula is C19H24N5O3S+. The van der Waals surface area contributed by atoms with Crippen LogP contribution in [0.3, 0.4) is 0 Å². The SMILES string of the molecule is CC(C)CNC(=O)c1c(N)nc2c(c1C[s+]1cccc1)c(=O)n(C)c(=O)n2C. The molecule has 0 saturated carbocycles. The van der Waals surface area contributed by atoms with Crippen LogP contribution in [0, 0.1) is 5.92 Å². The lowest BCUT2D eigenvalue weighted by atomic mass is 10.1. The number of carbonyl (C=O) groups is 1. The van der Waals surface area contributed by atoms with E-state index >= 15 is 0 Å². The van der Waals surface area contributed by atoms with Gasteiger partial charge < -0.3 is 11.1 Å². The number of nitrogen functional groups attached to an aromatic ring is 1. The Bertz CT molecular complexity index is 1160. The Kier molecular flexibility index (Phi) is 5.37. The van der Waals surface area contributed by atoms with E-state index in [-0.39, 0.29) is 44.7 Å². The molecule has 3 rings (SSSR count). The highest BCUT2D eigenvalue weighted by Crippen LogP contribution is 2.30. The lowest BCUT2D eigenvalue weighted by Crippen LogP contribution is -2.38. The van der Waals surface area contributed by atoms with Gasteiger partial charge in [0.25, 0.3) is 11.5 Å². The van der Waals surface area contributed by atoms with Crippen molar-refractivity contribution in [2.24, 2.45) is 20.0 Å². The molecule has 3 aromatic rings. The van der Waals surface area contributed by atoms with Crippen LogP contribution in [0.15, 0.2) is 32.5 Å². The number of nitrogens with one attached hydrogen (secondary N) is 1. The summed E-state index contributed by atoms with van der Waals surface area (Å²) in [6.07, 6.45) is 0. The first-order valence-corrected chi connectivity index (χ1v) is 10.4. The van der Waals surface area contributed by atoms with Crippen LogP contribution in [0.5, 0.6) is 0 Å². The van der Waals surface area contributed by atoms with Gasteiger partial charge in [0.1, 0.15) is 16.6 Å². The van der Waals surface area contributed by atoms with Crippen molar-refractivity contribution in [2.75, 3.05) is 12.3 Å². The number of rotatable bonds is 5. The van der Waals surface area contributed by atoms with Gasteiger partial charge >= 0.3 is 5.69 Å². The molecule has 0 radical (unpaired) electrons. The number of anilines is 1. The Morgan fingerprint density at radius 3 is 2.46 bits per heavy atom. The van der Waals surface area contributed by atoms with Crippen molar-refractivity contribution in [3.63, 3.8) is 0 Å². The van der Waals surface area contributed by atoms with Gasteiger partial charge in [0.05, 0.1) is 10.9 Å². The van der Waals surface area contributed by atoms with Crippen LogP contribution in [0.1, 0.15) is 29.8 Å². The minimum absolute atomic E-state index is 0.0164. The fraction of sp³-hybridized carbons (Fsp3) is 0.368. The van der Waals surface area contributed by atoms with Gasteiger partial charge in [0.15, 0.2) is 11.4 Å². The second kappa shape index (κ2) is 7.59. The molecule has 3 N–H and O–H groups in total. The van der Waals surface area contributed by atoms with Crippen molar-refractivity contribution in [1.29, 1.82) is 0 Å². The number of aromatic nitrogens is 3. The predicted octanol–water partition coefficient (Wildman–Crippen LogP) is 1.40. The minimum Gasteiger partial charge on any atom is -0.383 e. The van der Waals surface area contributed by atoms with Crippen LogP contribution < -0.4 is 22.3 Å². The third kappa shape index (κ3) is 3.45. The summed E-state index contributed by atoms with van der Waals surface area (Å²) in [5.74, 6) is 0.358. The molecule has 0 aliphatic rings. The molecule has 28 heavy (non-hydrogen) atoms. The summed E-state index contributed by atoms with van der Waals surface area (Å²) in [6.45, 7) is 4.46. The smallest absolute Gasteiger partial charge is 0.332 e. The first-order valence-electron chi connectivity index (χ1n) is 8.92. The van der Waals surface area contributed by atoms with Crippen LogP contribution in [-0.2, 0) is 19.8 Å². The van der Waals surface area contributed by atoms with Gasteiger partial charge in [-0.3, -0.25) is 18.7 Å². The molecule has 0 unspecified atom stereocenters. The zero-order valence-electron chi connectivity index (χ0n) is 16.4. The van der Waals surface area contributed by atoms with E-state index in [2.05, 4.69) is 10.3 Å². The number of hydrogen-bond acceptors (Lipinski definition) is 5. The fourth-order valence-electron chi connectivity index (χ4n) is 3.06. The van der Waals surface area contributed by atoms with E-state index < -0.39 is 11.2 Å².